The molecule has 2 nitrogen and oxygen atoms in total. The van der Waals surface area contributed by atoms with Crippen LogP contribution in [0.5, 0.6) is 5.75 Å². The molecule has 1 aromatic carbocycles. The second kappa shape index (κ2) is 5.34. The molecule has 0 amide bonds. The maximum absolute atomic E-state index is 12.8. The van der Waals surface area contributed by atoms with E-state index < -0.39 is 11.9 Å². The number of nitrogen functional groups attached to an aromatic ring is 1. The summed E-state index contributed by atoms with van der Waals surface area (Å²) in [6, 6.07) is 3.03. The van der Waals surface area contributed by atoms with E-state index in [0.29, 0.717) is 33.7 Å². The molecule has 0 fully saturated rings. The maximum atomic E-state index is 12.8. The second-order valence-corrected chi connectivity index (χ2v) is 4.29. The highest BCUT2D eigenvalue weighted by Gasteiger charge is 2.21. The molecule has 0 saturated carbocycles. The van der Waals surface area contributed by atoms with Crippen LogP contribution in [0.3, 0.4) is 0 Å². The Hall–Kier alpha value is -1.04. The lowest BCUT2D eigenvalue weighted by Crippen LogP contribution is -2.07. The molecule has 2 N–H and O–H groups in total. The topological polar surface area (TPSA) is 35.2 Å². The van der Waals surface area contributed by atoms with Crippen molar-refractivity contribution in [3.63, 3.8) is 0 Å². The fourth-order valence-corrected chi connectivity index (χ4v) is 1.94. The van der Waals surface area contributed by atoms with E-state index >= 15 is 0 Å². The van der Waals surface area contributed by atoms with E-state index in [2.05, 4.69) is 0 Å². The Bertz CT molecular complexity index is 373. The van der Waals surface area contributed by atoms with Crippen LogP contribution in [0.4, 0.5) is 18.9 Å². The third-order valence-corrected chi connectivity index (χ3v) is 3.09. The Balaban J connectivity index is 2.93. The van der Waals surface area contributed by atoms with Gasteiger partial charge >= 0.3 is 0 Å². The van der Waals surface area contributed by atoms with E-state index in [1.807, 2.05) is 0 Å². The standard InChI is InChI=1S/C10H12F3NOS/c1-5-3-7(15-2)6(14)4-8(5)16-10(13)9(11)12/h3-4,9-10H,14H2,1-2H3. The monoisotopic (exact) mass is 251 g/mol. The Morgan fingerprint density at radius 1 is 1.31 bits per heavy atom. The van der Waals surface area contributed by atoms with Crippen LogP contribution in [0, 0.1) is 6.92 Å². The summed E-state index contributed by atoms with van der Waals surface area (Å²) in [5.41, 5.74) is 4.32. The van der Waals surface area contributed by atoms with Crippen molar-refractivity contribution >= 4 is 17.4 Å². The Morgan fingerprint density at radius 2 is 1.94 bits per heavy atom. The molecule has 0 aliphatic carbocycles. The average molecular weight is 251 g/mol. The van der Waals surface area contributed by atoms with E-state index in [4.69, 9.17) is 10.5 Å². The lowest BCUT2D eigenvalue weighted by Gasteiger charge is -2.12. The molecule has 16 heavy (non-hydrogen) atoms. The Kier molecular flexibility index (Phi) is 4.35. The summed E-state index contributed by atoms with van der Waals surface area (Å²) in [4.78, 5) is 0.395. The first kappa shape index (κ1) is 13.0. The normalized spacial score (nSPS) is 12.9. The zero-order chi connectivity index (χ0) is 12.3. The number of nitrogens with two attached hydrogens (primary N) is 1. The number of methoxy groups -OCH3 is 1. The van der Waals surface area contributed by atoms with Gasteiger partial charge < -0.3 is 10.5 Å². The first-order valence-electron chi connectivity index (χ1n) is 4.48. The van der Waals surface area contributed by atoms with E-state index in [-0.39, 0.29) is 0 Å². The molecule has 0 aromatic heterocycles. The van der Waals surface area contributed by atoms with Crippen molar-refractivity contribution in [1.82, 2.24) is 0 Å². The Labute approximate surface area is 96.0 Å². The van der Waals surface area contributed by atoms with Gasteiger partial charge in [0.1, 0.15) is 5.75 Å². The van der Waals surface area contributed by atoms with Gasteiger partial charge in [-0.1, -0.05) is 11.8 Å². The van der Waals surface area contributed by atoms with Gasteiger partial charge in [0.25, 0.3) is 6.43 Å². The molecule has 0 bridgehead atoms. The van der Waals surface area contributed by atoms with Gasteiger partial charge in [-0.2, -0.15) is 0 Å². The van der Waals surface area contributed by atoms with Gasteiger partial charge in [-0.25, -0.2) is 13.2 Å². The zero-order valence-corrected chi connectivity index (χ0v) is 9.65. The highest BCUT2D eigenvalue weighted by atomic mass is 32.2. The van der Waals surface area contributed by atoms with Gasteiger partial charge in [-0.05, 0) is 24.6 Å². The van der Waals surface area contributed by atoms with Crippen LogP contribution < -0.4 is 10.5 Å². The third-order valence-electron chi connectivity index (χ3n) is 1.96. The van der Waals surface area contributed by atoms with Gasteiger partial charge in [0.15, 0.2) is 0 Å². The number of anilines is 1. The van der Waals surface area contributed by atoms with Crippen LogP contribution in [0.2, 0.25) is 0 Å². The molecule has 0 aliphatic rings. The fraction of sp³-hybridized carbons (Fsp3) is 0.400. The predicted molar refractivity (Wildman–Crippen MR) is 58.9 cm³/mol. The van der Waals surface area contributed by atoms with Crippen LogP contribution in [0.15, 0.2) is 17.0 Å². The van der Waals surface area contributed by atoms with Crippen LogP contribution in [0.1, 0.15) is 5.56 Å². The molecule has 1 rings (SSSR count). The van der Waals surface area contributed by atoms with Crippen molar-refractivity contribution in [2.45, 2.75) is 23.7 Å². The number of hydrogen-bond acceptors (Lipinski definition) is 3. The highest BCUT2D eigenvalue weighted by molar-refractivity contribution is 7.99. The first-order chi connectivity index (χ1) is 7.45. The molecule has 1 unspecified atom stereocenters. The third kappa shape index (κ3) is 2.98. The van der Waals surface area contributed by atoms with E-state index in [1.165, 1.54) is 13.2 Å². The zero-order valence-electron chi connectivity index (χ0n) is 8.84. The molecular weight excluding hydrogens is 239 g/mol. The van der Waals surface area contributed by atoms with Crippen LogP contribution in [0.25, 0.3) is 0 Å². The number of aryl methyl sites for hydroxylation is 1. The maximum Gasteiger partial charge on any atom is 0.278 e. The number of ether oxygens (including phenoxy) is 1. The predicted octanol–water partition coefficient (Wildman–Crippen LogP) is 3.24. The number of benzene rings is 1. The molecule has 0 saturated heterocycles. The van der Waals surface area contributed by atoms with Gasteiger partial charge in [-0.15, -0.1) is 0 Å². The van der Waals surface area contributed by atoms with Gasteiger partial charge in [0.2, 0.25) is 5.50 Å². The summed E-state index contributed by atoms with van der Waals surface area (Å²) in [5.74, 6) is 0.453. The summed E-state index contributed by atoms with van der Waals surface area (Å²) >= 11 is 0.459. The minimum atomic E-state index is -3.01. The summed E-state index contributed by atoms with van der Waals surface area (Å²) in [5, 5.41) is 0. The number of rotatable bonds is 4. The van der Waals surface area contributed by atoms with E-state index in [1.54, 1.807) is 13.0 Å². The molecule has 1 aromatic rings. The number of halogens is 3. The molecule has 0 radical (unpaired) electrons. The smallest absolute Gasteiger partial charge is 0.278 e. The Morgan fingerprint density at radius 3 is 2.44 bits per heavy atom. The minimum absolute atomic E-state index is 0.303. The summed E-state index contributed by atoms with van der Waals surface area (Å²) < 4.78 is 41.9. The molecule has 0 heterocycles. The lowest BCUT2D eigenvalue weighted by atomic mass is 10.2. The van der Waals surface area contributed by atoms with Crippen molar-refractivity contribution in [2.75, 3.05) is 12.8 Å². The minimum Gasteiger partial charge on any atom is -0.495 e. The van der Waals surface area contributed by atoms with Crippen molar-refractivity contribution < 1.29 is 17.9 Å². The van der Waals surface area contributed by atoms with Crippen molar-refractivity contribution in [3.05, 3.63) is 17.7 Å². The molecule has 0 aliphatic heterocycles. The first-order valence-corrected chi connectivity index (χ1v) is 5.36. The highest BCUT2D eigenvalue weighted by Crippen LogP contribution is 2.35. The molecule has 6 heteroatoms. The summed E-state index contributed by atoms with van der Waals surface area (Å²) in [7, 11) is 1.45. The number of hydrogen-bond donors (Lipinski definition) is 1. The number of alkyl halides is 3. The van der Waals surface area contributed by atoms with Crippen LogP contribution >= 0.6 is 11.8 Å². The van der Waals surface area contributed by atoms with Gasteiger partial charge in [-0.3, -0.25) is 0 Å². The van der Waals surface area contributed by atoms with Crippen LogP contribution in [-0.2, 0) is 0 Å². The van der Waals surface area contributed by atoms with Crippen molar-refractivity contribution in [3.8, 4) is 5.75 Å². The summed E-state index contributed by atoms with van der Waals surface area (Å²) in [6.45, 7) is 1.68. The van der Waals surface area contributed by atoms with Crippen LogP contribution in [-0.4, -0.2) is 19.0 Å². The molecular formula is C10H12F3NOS. The van der Waals surface area contributed by atoms with Crippen molar-refractivity contribution in [2.24, 2.45) is 0 Å². The molecule has 90 valence electrons. The van der Waals surface area contributed by atoms with Gasteiger partial charge in [0.05, 0.1) is 12.8 Å². The number of thioether (sulfide) groups is 1. The molecule has 1 atom stereocenters. The fourth-order valence-electron chi connectivity index (χ4n) is 1.15. The van der Waals surface area contributed by atoms with E-state index in [0.717, 1.165) is 0 Å². The van der Waals surface area contributed by atoms with E-state index in [9.17, 15) is 13.2 Å². The quantitative estimate of drug-likeness (QED) is 0.659. The second-order valence-electron chi connectivity index (χ2n) is 3.16. The van der Waals surface area contributed by atoms with Gasteiger partial charge in [0, 0.05) is 4.90 Å². The summed E-state index contributed by atoms with van der Waals surface area (Å²) in [6.07, 6.45) is -3.01. The molecule has 0 spiro atoms. The van der Waals surface area contributed by atoms with Crippen molar-refractivity contribution in [1.29, 1.82) is 0 Å². The SMILES string of the molecule is COc1cc(C)c(SC(F)C(F)F)cc1N. The average Bonchev–Trinajstić information content (AvgIpc) is 2.22. The lowest BCUT2D eigenvalue weighted by molar-refractivity contribution is 0.0953. The largest absolute Gasteiger partial charge is 0.495 e.